The SMILES string of the molecule is C=CC(C)c1ccc(CC(=C)/C(C)=C/SC(=C)C2CCN(C(=C)c3ccccc3-c3ccc(C(C)(C)F)cc3)CC2)cc1. The summed E-state index contributed by atoms with van der Waals surface area (Å²) in [5.41, 5.74) is 8.61. The molecule has 0 saturated carbocycles. The molecule has 1 fully saturated rings. The van der Waals surface area contributed by atoms with Gasteiger partial charge in [0.05, 0.1) is 0 Å². The van der Waals surface area contributed by atoms with Gasteiger partial charge in [-0.15, -0.1) is 18.3 Å². The average Bonchev–Trinajstić information content (AvgIpc) is 3.02. The Kier molecular flexibility index (Phi) is 10.7. The fourth-order valence-electron chi connectivity index (χ4n) is 5.48. The van der Waals surface area contributed by atoms with Crippen LogP contribution in [-0.4, -0.2) is 18.0 Å². The van der Waals surface area contributed by atoms with Crippen LogP contribution < -0.4 is 0 Å². The second-order valence-electron chi connectivity index (χ2n) is 12.2. The van der Waals surface area contributed by atoms with Crippen LogP contribution >= 0.6 is 11.8 Å². The lowest BCUT2D eigenvalue weighted by molar-refractivity contribution is 0.221. The molecule has 3 aromatic carbocycles. The zero-order valence-corrected chi connectivity index (χ0v) is 27.2. The summed E-state index contributed by atoms with van der Waals surface area (Å²) >= 11 is 1.75. The molecule has 43 heavy (non-hydrogen) atoms. The number of thioether (sulfide) groups is 1. The highest BCUT2D eigenvalue weighted by atomic mass is 32.2. The molecule has 1 nitrogen and oxygen atoms in total. The summed E-state index contributed by atoms with van der Waals surface area (Å²) in [5, 5.41) is 2.22. The second kappa shape index (κ2) is 14.3. The van der Waals surface area contributed by atoms with Crippen LogP contribution in [0.3, 0.4) is 0 Å². The Bertz CT molecular complexity index is 1480. The van der Waals surface area contributed by atoms with Gasteiger partial charge in [0.1, 0.15) is 5.67 Å². The molecule has 0 amide bonds. The number of benzene rings is 3. The number of piperidine rings is 1. The minimum absolute atomic E-state index is 0.363. The molecule has 1 atom stereocenters. The Morgan fingerprint density at radius 1 is 0.977 bits per heavy atom. The second-order valence-corrected chi connectivity index (χ2v) is 13.2. The molecule has 0 aliphatic carbocycles. The van der Waals surface area contributed by atoms with E-state index in [1.165, 1.54) is 21.6 Å². The largest absolute Gasteiger partial charge is 0.371 e. The normalized spacial score (nSPS) is 15.2. The van der Waals surface area contributed by atoms with E-state index < -0.39 is 5.67 Å². The minimum Gasteiger partial charge on any atom is -0.371 e. The summed E-state index contributed by atoms with van der Waals surface area (Å²) in [6.07, 6.45) is 4.92. The Morgan fingerprint density at radius 3 is 2.21 bits per heavy atom. The lowest BCUT2D eigenvalue weighted by Crippen LogP contribution is -2.32. The van der Waals surface area contributed by atoms with Gasteiger partial charge >= 0.3 is 0 Å². The van der Waals surface area contributed by atoms with E-state index in [2.05, 4.69) is 99.0 Å². The van der Waals surface area contributed by atoms with E-state index in [1.807, 2.05) is 30.3 Å². The summed E-state index contributed by atoms with van der Waals surface area (Å²) < 4.78 is 14.4. The molecular weight excluding hydrogens is 546 g/mol. The van der Waals surface area contributed by atoms with Crippen LogP contribution in [0.15, 0.2) is 127 Å². The van der Waals surface area contributed by atoms with Crippen molar-refractivity contribution in [3.63, 3.8) is 0 Å². The van der Waals surface area contributed by atoms with Gasteiger partial charge in [0, 0.05) is 24.4 Å². The van der Waals surface area contributed by atoms with Crippen molar-refractivity contribution in [3.05, 3.63) is 149 Å². The van der Waals surface area contributed by atoms with Gasteiger partial charge in [-0.1, -0.05) is 106 Å². The monoisotopic (exact) mass is 591 g/mol. The number of alkyl halides is 1. The first-order chi connectivity index (χ1) is 20.5. The van der Waals surface area contributed by atoms with Crippen molar-refractivity contribution in [2.45, 2.75) is 58.5 Å². The molecule has 1 unspecified atom stereocenters. The smallest absolute Gasteiger partial charge is 0.130 e. The molecule has 4 rings (SSSR count). The summed E-state index contributed by atoms with van der Waals surface area (Å²) in [6, 6.07) is 25.0. The van der Waals surface area contributed by atoms with Gasteiger partial charge in [-0.3, -0.25) is 0 Å². The van der Waals surface area contributed by atoms with E-state index in [0.29, 0.717) is 17.4 Å². The summed E-state index contributed by atoms with van der Waals surface area (Å²) in [4.78, 5) is 3.62. The number of allylic oxidation sites excluding steroid dienone is 4. The van der Waals surface area contributed by atoms with E-state index in [1.54, 1.807) is 25.6 Å². The number of hydrogen-bond acceptors (Lipinski definition) is 2. The van der Waals surface area contributed by atoms with E-state index in [-0.39, 0.29) is 0 Å². The first kappa shape index (κ1) is 32.4. The van der Waals surface area contributed by atoms with E-state index >= 15 is 0 Å². The number of hydrogen-bond donors (Lipinski definition) is 0. The third kappa shape index (κ3) is 8.30. The van der Waals surface area contributed by atoms with Gasteiger partial charge in [0.25, 0.3) is 0 Å². The number of nitrogens with zero attached hydrogens (tertiary/aromatic N) is 1. The fourth-order valence-corrected chi connectivity index (χ4v) is 6.40. The average molecular weight is 592 g/mol. The third-order valence-corrected chi connectivity index (χ3v) is 9.78. The maximum Gasteiger partial charge on any atom is 0.130 e. The predicted octanol–water partition coefficient (Wildman–Crippen LogP) is 11.5. The van der Waals surface area contributed by atoms with Crippen LogP contribution in [0, 0.1) is 5.92 Å². The van der Waals surface area contributed by atoms with Crippen molar-refractivity contribution in [1.82, 2.24) is 4.90 Å². The van der Waals surface area contributed by atoms with Gasteiger partial charge in [0.15, 0.2) is 0 Å². The maximum atomic E-state index is 14.4. The molecule has 0 bridgehead atoms. The first-order valence-electron chi connectivity index (χ1n) is 15.2. The molecule has 1 aliphatic heterocycles. The van der Waals surface area contributed by atoms with Crippen molar-refractivity contribution < 1.29 is 4.39 Å². The zero-order chi connectivity index (χ0) is 31.1. The van der Waals surface area contributed by atoms with Crippen LogP contribution in [0.4, 0.5) is 4.39 Å². The van der Waals surface area contributed by atoms with Crippen LogP contribution in [-0.2, 0) is 12.1 Å². The van der Waals surface area contributed by atoms with Gasteiger partial charge in [-0.05, 0) is 101 Å². The summed E-state index contributed by atoms with van der Waals surface area (Å²) in [7, 11) is 0. The molecule has 0 N–H and O–H groups in total. The van der Waals surface area contributed by atoms with Crippen LogP contribution in [0.5, 0.6) is 0 Å². The standard InChI is InChI=1S/C40H46FNS/c1-9-28(2)34-16-14-33(15-17-34)26-29(3)30(4)27-43-32(6)35-22-24-42(25-23-35)31(5)38-12-10-11-13-39(38)36-18-20-37(21-19-36)40(7,8)41/h9-21,27-28,35H,1,3,5-6,22-26H2,2,4,7-8H3/b30-27+. The fraction of sp³-hybridized carbons (Fsp3) is 0.300. The van der Waals surface area contributed by atoms with Gasteiger partial charge in [-0.2, -0.15) is 0 Å². The molecule has 1 saturated heterocycles. The summed E-state index contributed by atoms with van der Waals surface area (Å²) in [6.45, 7) is 26.6. The lowest BCUT2D eigenvalue weighted by Gasteiger charge is -2.36. The van der Waals surface area contributed by atoms with E-state index in [9.17, 15) is 4.39 Å². The van der Waals surface area contributed by atoms with E-state index in [0.717, 1.165) is 60.3 Å². The highest BCUT2D eigenvalue weighted by Crippen LogP contribution is 2.37. The van der Waals surface area contributed by atoms with Gasteiger partial charge in [-0.25, -0.2) is 4.39 Å². The quantitative estimate of drug-likeness (QED) is 0.152. The molecule has 1 aliphatic rings. The van der Waals surface area contributed by atoms with Gasteiger partial charge < -0.3 is 4.90 Å². The van der Waals surface area contributed by atoms with E-state index in [4.69, 9.17) is 0 Å². The number of likely N-dealkylation sites (tertiary alicyclic amines) is 1. The molecule has 0 radical (unpaired) electrons. The first-order valence-corrected chi connectivity index (χ1v) is 16.1. The highest BCUT2D eigenvalue weighted by molar-refractivity contribution is 8.05. The molecule has 0 aromatic heterocycles. The van der Waals surface area contributed by atoms with Crippen molar-refractivity contribution >= 4 is 17.5 Å². The number of halogens is 1. The van der Waals surface area contributed by atoms with Crippen molar-refractivity contribution in [2.75, 3.05) is 13.1 Å². The van der Waals surface area contributed by atoms with Gasteiger partial charge in [0.2, 0.25) is 0 Å². The third-order valence-electron chi connectivity index (χ3n) is 8.67. The Hall–Kier alpha value is -3.56. The highest BCUT2D eigenvalue weighted by Gasteiger charge is 2.24. The van der Waals surface area contributed by atoms with Crippen molar-refractivity contribution in [3.8, 4) is 11.1 Å². The Balaban J connectivity index is 1.31. The summed E-state index contributed by atoms with van der Waals surface area (Å²) in [5.74, 6) is 0.833. The Morgan fingerprint density at radius 2 is 1.60 bits per heavy atom. The Labute approximate surface area is 263 Å². The topological polar surface area (TPSA) is 3.24 Å². The molecule has 3 aromatic rings. The van der Waals surface area contributed by atoms with Crippen molar-refractivity contribution in [1.29, 1.82) is 0 Å². The van der Waals surface area contributed by atoms with Crippen LogP contribution in [0.2, 0.25) is 0 Å². The van der Waals surface area contributed by atoms with Crippen molar-refractivity contribution in [2.24, 2.45) is 5.92 Å². The molecule has 3 heteroatoms. The molecular formula is C40H46FNS. The molecule has 0 spiro atoms. The number of rotatable bonds is 12. The lowest BCUT2D eigenvalue weighted by atomic mass is 9.92. The zero-order valence-electron chi connectivity index (χ0n) is 26.3. The molecule has 224 valence electrons. The maximum absolute atomic E-state index is 14.4. The van der Waals surface area contributed by atoms with Crippen LogP contribution in [0.1, 0.15) is 68.7 Å². The molecule has 1 heterocycles. The van der Waals surface area contributed by atoms with Crippen LogP contribution in [0.25, 0.3) is 16.8 Å². The predicted molar refractivity (Wildman–Crippen MR) is 188 cm³/mol. The minimum atomic E-state index is -1.35.